The Kier molecular flexibility index (Phi) is 2.97. The van der Waals surface area contributed by atoms with Crippen LogP contribution < -0.4 is 0 Å². The van der Waals surface area contributed by atoms with Gasteiger partial charge in [-0.1, -0.05) is 51.3 Å². The molecule has 3 atom stereocenters. The van der Waals surface area contributed by atoms with Crippen LogP contribution in [-0.2, 0) is 9.53 Å². The highest BCUT2D eigenvalue weighted by molar-refractivity contribution is 9.10. The molecule has 3 nitrogen and oxygen atoms in total. The van der Waals surface area contributed by atoms with E-state index in [1.165, 1.54) is 0 Å². The molecule has 0 unspecified atom stereocenters. The average molecular weight is 363 g/mol. The van der Waals surface area contributed by atoms with Crippen molar-refractivity contribution in [1.29, 1.82) is 0 Å². The summed E-state index contributed by atoms with van der Waals surface area (Å²) in [6, 6.07) is 7.82. The Morgan fingerprint density at radius 1 is 1.42 bits per heavy atom. The van der Waals surface area contributed by atoms with Crippen LogP contribution in [0.1, 0.15) is 24.8 Å². The van der Waals surface area contributed by atoms with Crippen LogP contribution >= 0.6 is 39.1 Å². The molecular weight excluding hydrogens is 353 g/mol. The fraction of sp³-hybridized carbons (Fsp3) is 0.385. The molecule has 0 amide bonds. The van der Waals surface area contributed by atoms with E-state index >= 15 is 0 Å². The van der Waals surface area contributed by atoms with Crippen molar-refractivity contribution in [3.63, 3.8) is 0 Å². The van der Waals surface area contributed by atoms with Crippen LogP contribution in [0.5, 0.6) is 0 Å². The lowest BCUT2D eigenvalue weighted by Gasteiger charge is -2.48. The van der Waals surface area contributed by atoms with Crippen molar-refractivity contribution in [2.75, 3.05) is 0 Å². The molecule has 0 aromatic heterocycles. The van der Waals surface area contributed by atoms with Crippen molar-refractivity contribution in [3.05, 3.63) is 34.3 Å². The number of ether oxygens (including phenoxy) is 1. The van der Waals surface area contributed by atoms with Crippen molar-refractivity contribution in [1.82, 2.24) is 0 Å². The van der Waals surface area contributed by atoms with Crippen LogP contribution in [0, 0.1) is 0 Å². The fourth-order valence-electron chi connectivity index (χ4n) is 2.57. The molecule has 100 valence electrons. The lowest BCUT2D eigenvalue weighted by atomic mass is 9.75. The Hall–Kier alpha value is -0.580. The van der Waals surface area contributed by atoms with Gasteiger partial charge in [-0.3, -0.25) is 0 Å². The molecule has 0 radical (unpaired) electrons. The number of aliphatic imine (C=N–C) groups is 1. The summed E-state index contributed by atoms with van der Waals surface area (Å²) < 4.78 is 6.43. The van der Waals surface area contributed by atoms with Crippen molar-refractivity contribution in [2.24, 2.45) is 4.99 Å². The minimum absolute atomic E-state index is 0.0965. The van der Waals surface area contributed by atoms with Crippen LogP contribution in [0.4, 0.5) is 0 Å². The SMILES string of the molecule is C[C@]12OC(=O)[C@](Cl)(C[C@H]1c1ccc(Br)cc1)N=C2Cl. The number of halogens is 3. The highest BCUT2D eigenvalue weighted by Gasteiger charge is 2.61. The van der Waals surface area contributed by atoms with Gasteiger partial charge in [0.25, 0.3) is 0 Å². The van der Waals surface area contributed by atoms with E-state index in [9.17, 15) is 4.79 Å². The van der Waals surface area contributed by atoms with Gasteiger partial charge in [0.2, 0.25) is 5.00 Å². The number of fused-ring (bicyclic) bond motifs is 2. The Morgan fingerprint density at radius 3 is 2.68 bits per heavy atom. The zero-order valence-electron chi connectivity index (χ0n) is 9.99. The third kappa shape index (κ3) is 1.92. The monoisotopic (exact) mass is 361 g/mol. The van der Waals surface area contributed by atoms with Crippen molar-refractivity contribution >= 4 is 50.3 Å². The second kappa shape index (κ2) is 4.21. The summed E-state index contributed by atoms with van der Waals surface area (Å²) in [6.07, 6.45) is 0.391. The minimum Gasteiger partial charge on any atom is -0.448 e. The maximum absolute atomic E-state index is 11.8. The predicted octanol–water partition coefficient (Wildman–Crippen LogP) is 3.82. The summed E-state index contributed by atoms with van der Waals surface area (Å²) in [5.41, 5.74) is 0.0969. The maximum Gasteiger partial charge on any atom is 0.350 e. The Labute approximate surface area is 129 Å². The van der Waals surface area contributed by atoms with Gasteiger partial charge in [-0.05, 0) is 24.6 Å². The third-order valence-corrected chi connectivity index (χ3v) is 5.10. The highest BCUT2D eigenvalue weighted by Crippen LogP contribution is 2.52. The fourth-order valence-corrected chi connectivity index (χ4v) is 3.46. The largest absolute Gasteiger partial charge is 0.448 e. The van der Waals surface area contributed by atoms with Gasteiger partial charge in [0, 0.05) is 16.8 Å². The molecule has 1 fully saturated rings. The zero-order valence-corrected chi connectivity index (χ0v) is 13.1. The standard InChI is InChI=1S/C13H10BrCl2NO2/c1-12-9(7-2-4-8(14)5-3-7)6-13(16,11(18)19-12)17-10(12)15/h2-5,9H,6H2,1H3/t9-,12-,13-/m0/s1. The third-order valence-electron chi connectivity index (χ3n) is 3.71. The molecule has 1 saturated heterocycles. The number of alkyl halides is 1. The molecular formula is C13H10BrCl2NO2. The molecule has 0 aliphatic carbocycles. The molecule has 3 aliphatic rings. The summed E-state index contributed by atoms with van der Waals surface area (Å²) >= 11 is 15.8. The number of carbonyl (C=O) groups excluding carboxylic acids is 1. The molecule has 0 saturated carbocycles. The normalized spacial score (nSPS) is 36.9. The van der Waals surface area contributed by atoms with Gasteiger partial charge in [-0.25, -0.2) is 9.79 Å². The smallest absolute Gasteiger partial charge is 0.350 e. The van der Waals surface area contributed by atoms with E-state index in [4.69, 9.17) is 27.9 Å². The first-order valence-electron chi connectivity index (χ1n) is 5.79. The van der Waals surface area contributed by atoms with E-state index in [0.717, 1.165) is 10.0 Å². The Morgan fingerprint density at radius 2 is 2.05 bits per heavy atom. The predicted molar refractivity (Wildman–Crippen MR) is 77.9 cm³/mol. The molecule has 0 N–H and O–H groups in total. The number of benzene rings is 1. The van der Waals surface area contributed by atoms with Crippen LogP contribution in [0.25, 0.3) is 0 Å². The first kappa shape index (κ1) is 13.4. The molecule has 2 bridgehead atoms. The first-order chi connectivity index (χ1) is 8.85. The van der Waals surface area contributed by atoms with Gasteiger partial charge in [0.05, 0.1) is 0 Å². The van der Waals surface area contributed by atoms with E-state index < -0.39 is 16.6 Å². The second-order valence-corrected chi connectivity index (χ2v) is 6.87. The van der Waals surface area contributed by atoms with Crippen molar-refractivity contribution < 1.29 is 9.53 Å². The van der Waals surface area contributed by atoms with Gasteiger partial charge in [0.1, 0.15) is 5.17 Å². The maximum atomic E-state index is 11.8. The van der Waals surface area contributed by atoms with Crippen LogP contribution in [0.2, 0.25) is 0 Å². The van der Waals surface area contributed by atoms with Crippen molar-refractivity contribution in [3.8, 4) is 0 Å². The summed E-state index contributed by atoms with van der Waals surface area (Å²) in [7, 11) is 0. The van der Waals surface area contributed by atoms with E-state index in [-0.39, 0.29) is 11.1 Å². The molecule has 4 rings (SSSR count). The highest BCUT2D eigenvalue weighted by atomic mass is 79.9. The lowest BCUT2D eigenvalue weighted by molar-refractivity contribution is -0.166. The summed E-state index contributed by atoms with van der Waals surface area (Å²) in [4.78, 5) is 14.5. The number of carbonyl (C=O) groups is 1. The van der Waals surface area contributed by atoms with Crippen LogP contribution in [0.15, 0.2) is 33.7 Å². The molecule has 1 aromatic carbocycles. The molecule has 1 aromatic rings. The number of nitrogens with zero attached hydrogens (tertiary/aromatic N) is 1. The van der Waals surface area contributed by atoms with Gasteiger partial charge < -0.3 is 4.74 Å². The van der Waals surface area contributed by atoms with Gasteiger partial charge in [-0.15, -0.1) is 0 Å². The number of hydrogen-bond acceptors (Lipinski definition) is 3. The van der Waals surface area contributed by atoms with E-state index in [1.807, 2.05) is 24.3 Å². The second-order valence-electron chi connectivity index (χ2n) is 4.97. The Balaban J connectivity index is 2.08. The average Bonchev–Trinajstić information content (AvgIpc) is 2.34. The topological polar surface area (TPSA) is 38.7 Å². The van der Waals surface area contributed by atoms with Gasteiger partial charge in [0.15, 0.2) is 5.60 Å². The summed E-state index contributed by atoms with van der Waals surface area (Å²) in [5.74, 6) is -0.616. The number of esters is 1. The van der Waals surface area contributed by atoms with Crippen molar-refractivity contribution in [2.45, 2.75) is 29.9 Å². The molecule has 6 heteroatoms. The zero-order chi connectivity index (χ0) is 13.8. The Bertz CT molecular complexity index is 589. The molecule has 19 heavy (non-hydrogen) atoms. The lowest BCUT2D eigenvalue weighted by Crippen LogP contribution is -2.60. The van der Waals surface area contributed by atoms with Crippen LogP contribution in [0.3, 0.4) is 0 Å². The quantitative estimate of drug-likeness (QED) is 0.432. The van der Waals surface area contributed by atoms with E-state index in [2.05, 4.69) is 20.9 Å². The van der Waals surface area contributed by atoms with Gasteiger partial charge >= 0.3 is 5.97 Å². The van der Waals surface area contributed by atoms with Crippen LogP contribution in [-0.4, -0.2) is 21.7 Å². The molecule has 3 heterocycles. The number of rotatable bonds is 1. The molecule has 0 spiro atoms. The summed E-state index contributed by atoms with van der Waals surface area (Å²) in [6.45, 7) is 1.78. The molecule has 3 aliphatic heterocycles. The number of hydrogen-bond donors (Lipinski definition) is 0. The first-order valence-corrected chi connectivity index (χ1v) is 7.34. The van der Waals surface area contributed by atoms with E-state index in [1.54, 1.807) is 6.92 Å². The van der Waals surface area contributed by atoms with Gasteiger partial charge in [-0.2, -0.15) is 0 Å². The summed E-state index contributed by atoms with van der Waals surface area (Å²) in [5, 5.41) is 0.251. The van der Waals surface area contributed by atoms with E-state index in [0.29, 0.717) is 6.42 Å². The minimum atomic E-state index is -1.38.